The third-order valence-corrected chi connectivity index (χ3v) is 3.44. The summed E-state index contributed by atoms with van der Waals surface area (Å²) in [6.07, 6.45) is 5.23. The lowest BCUT2D eigenvalue weighted by atomic mass is 9.97. The van der Waals surface area contributed by atoms with Crippen LogP contribution in [0.4, 0.5) is 4.79 Å². The predicted molar refractivity (Wildman–Crippen MR) is 70.0 cm³/mol. The first-order valence-corrected chi connectivity index (χ1v) is 6.76. The molecule has 110 valence electrons. The number of carboxylic acid groups (broad SMARTS) is 1. The predicted octanol–water partition coefficient (Wildman–Crippen LogP) is 0.174. The summed E-state index contributed by atoms with van der Waals surface area (Å²) in [6.45, 7) is 2.29. The zero-order valence-corrected chi connectivity index (χ0v) is 11.2. The van der Waals surface area contributed by atoms with Gasteiger partial charge in [-0.05, 0) is 19.3 Å². The number of rotatable bonds is 5. The van der Waals surface area contributed by atoms with E-state index < -0.39 is 5.97 Å². The Labute approximate surface area is 116 Å². The number of aromatic nitrogens is 3. The van der Waals surface area contributed by atoms with Gasteiger partial charge in [0.25, 0.3) is 0 Å². The third-order valence-electron chi connectivity index (χ3n) is 3.44. The lowest BCUT2D eigenvalue weighted by molar-refractivity contribution is -0.143. The van der Waals surface area contributed by atoms with Gasteiger partial charge in [0.2, 0.25) is 0 Å². The lowest BCUT2D eigenvalue weighted by Crippen LogP contribution is -2.45. The molecule has 0 aromatic carbocycles. The topological polar surface area (TPSA) is 100 Å². The SMILES string of the molecule is O=C(O)C1CCN(C(=O)NCCCn2ccnn2)CC1. The van der Waals surface area contributed by atoms with Crippen molar-refractivity contribution in [3.05, 3.63) is 12.4 Å². The molecule has 8 heteroatoms. The van der Waals surface area contributed by atoms with Crippen LogP contribution in [0.15, 0.2) is 12.4 Å². The standard InChI is InChI=1S/C12H19N5O3/c18-11(19)10-2-7-16(8-3-10)12(20)13-4-1-6-17-9-5-14-15-17/h5,9-10H,1-4,6-8H2,(H,13,20)(H,18,19). The van der Waals surface area contributed by atoms with E-state index in [0.717, 1.165) is 6.42 Å². The van der Waals surface area contributed by atoms with Crippen LogP contribution in [0.5, 0.6) is 0 Å². The normalized spacial score (nSPS) is 16.1. The zero-order chi connectivity index (χ0) is 14.4. The molecule has 0 unspecified atom stereocenters. The average Bonchev–Trinajstić information content (AvgIpc) is 2.96. The number of nitrogens with zero attached hydrogens (tertiary/aromatic N) is 4. The number of hydrogen-bond acceptors (Lipinski definition) is 4. The number of amides is 2. The summed E-state index contributed by atoms with van der Waals surface area (Å²) in [4.78, 5) is 24.4. The number of aryl methyl sites for hydroxylation is 1. The molecule has 8 nitrogen and oxygen atoms in total. The molecule has 0 bridgehead atoms. The highest BCUT2D eigenvalue weighted by molar-refractivity contribution is 5.75. The molecule has 2 rings (SSSR count). The fraction of sp³-hybridized carbons (Fsp3) is 0.667. The molecule has 1 aromatic heterocycles. The highest BCUT2D eigenvalue weighted by Crippen LogP contribution is 2.17. The van der Waals surface area contributed by atoms with Crippen molar-refractivity contribution in [1.82, 2.24) is 25.2 Å². The molecule has 0 saturated carbocycles. The molecule has 1 fully saturated rings. The zero-order valence-electron chi connectivity index (χ0n) is 11.2. The van der Waals surface area contributed by atoms with Crippen molar-refractivity contribution in [2.45, 2.75) is 25.8 Å². The van der Waals surface area contributed by atoms with Gasteiger partial charge < -0.3 is 15.3 Å². The highest BCUT2D eigenvalue weighted by atomic mass is 16.4. The highest BCUT2D eigenvalue weighted by Gasteiger charge is 2.26. The maximum atomic E-state index is 11.9. The van der Waals surface area contributed by atoms with E-state index in [4.69, 9.17) is 5.11 Å². The molecular formula is C12H19N5O3. The molecule has 2 heterocycles. The number of aliphatic carboxylic acids is 1. The van der Waals surface area contributed by atoms with Crippen molar-refractivity contribution < 1.29 is 14.7 Å². The van der Waals surface area contributed by atoms with E-state index in [0.29, 0.717) is 39.0 Å². The Morgan fingerprint density at radius 2 is 2.10 bits per heavy atom. The second kappa shape index (κ2) is 6.88. The summed E-state index contributed by atoms with van der Waals surface area (Å²) in [6, 6.07) is -0.118. The Bertz CT molecular complexity index is 440. The number of nitrogens with one attached hydrogen (secondary N) is 1. The van der Waals surface area contributed by atoms with Crippen molar-refractivity contribution in [2.75, 3.05) is 19.6 Å². The first kappa shape index (κ1) is 14.3. The summed E-state index contributed by atoms with van der Waals surface area (Å²) in [5.41, 5.74) is 0. The summed E-state index contributed by atoms with van der Waals surface area (Å²) < 4.78 is 1.71. The van der Waals surface area contributed by atoms with Crippen LogP contribution >= 0.6 is 0 Å². The molecule has 0 aliphatic carbocycles. The maximum absolute atomic E-state index is 11.9. The van der Waals surface area contributed by atoms with Crippen LogP contribution in [-0.2, 0) is 11.3 Å². The van der Waals surface area contributed by atoms with Gasteiger partial charge in [-0.2, -0.15) is 0 Å². The van der Waals surface area contributed by atoms with Gasteiger partial charge >= 0.3 is 12.0 Å². The second-order valence-corrected chi connectivity index (χ2v) is 4.85. The molecule has 0 spiro atoms. The van der Waals surface area contributed by atoms with Crippen LogP contribution in [0, 0.1) is 5.92 Å². The maximum Gasteiger partial charge on any atom is 0.317 e. The molecule has 20 heavy (non-hydrogen) atoms. The molecule has 0 atom stereocenters. The van der Waals surface area contributed by atoms with Gasteiger partial charge in [0, 0.05) is 32.4 Å². The van der Waals surface area contributed by atoms with Crippen molar-refractivity contribution >= 4 is 12.0 Å². The number of carbonyl (C=O) groups excluding carboxylic acids is 1. The largest absolute Gasteiger partial charge is 0.481 e. The lowest BCUT2D eigenvalue weighted by Gasteiger charge is -2.30. The molecule has 1 aliphatic rings. The summed E-state index contributed by atoms with van der Waals surface area (Å²) >= 11 is 0. The summed E-state index contributed by atoms with van der Waals surface area (Å²) in [5, 5.41) is 19.3. The molecule has 0 radical (unpaired) electrons. The van der Waals surface area contributed by atoms with Gasteiger partial charge in [-0.3, -0.25) is 9.48 Å². The van der Waals surface area contributed by atoms with Gasteiger partial charge in [-0.1, -0.05) is 5.21 Å². The van der Waals surface area contributed by atoms with E-state index >= 15 is 0 Å². The van der Waals surface area contributed by atoms with E-state index in [-0.39, 0.29) is 11.9 Å². The minimum Gasteiger partial charge on any atom is -0.481 e. The van der Waals surface area contributed by atoms with Crippen LogP contribution in [0.3, 0.4) is 0 Å². The summed E-state index contributed by atoms with van der Waals surface area (Å²) in [5.74, 6) is -1.08. The molecule has 1 saturated heterocycles. The minimum absolute atomic E-state index is 0.118. The molecule has 1 aliphatic heterocycles. The molecule has 1 aromatic rings. The Kier molecular flexibility index (Phi) is 4.91. The van der Waals surface area contributed by atoms with Gasteiger partial charge in [0.1, 0.15) is 0 Å². The summed E-state index contributed by atoms with van der Waals surface area (Å²) in [7, 11) is 0. The van der Waals surface area contributed by atoms with Crippen molar-refractivity contribution in [1.29, 1.82) is 0 Å². The molecule has 2 N–H and O–H groups in total. The number of urea groups is 1. The number of piperidine rings is 1. The Morgan fingerprint density at radius 3 is 2.70 bits per heavy atom. The van der Waals surface area contributed by atoms with Crippen LogP contribution < -0.4 is 5.32 Å². The van der Waals surface area contributed by atoms with Crippen molar-refractivity contribution in [2.24, 2.45) is 5.92 Å². The molecule has 2 amide bonds. The Morgan fingerprint density at radius 1 is 1.35 bits per heavy atom. The van der Waals surface area contributed by atoms with Crippen molar-refractivity contribution in [3.8, 4) is 0 Å². The van der Waals surface area contributed by atoms with Crippen LogP contribution in [0.2, 0.25) is 0 Å². The smallest absolute Gasteiger partial charge is 0.317 e. The minimum atomic E-state index is -0.766. The quantitative estimate of drug-likeness (QED) is 0.750. The van der Waals surface area contributed by atoms with E-state index in [1.807, 2.05) is 0 Å². The average molecular weight is 281 g/mol. The fourth-order valence-corrected chi connectivity index (χ4v) is 2.23. The monoisotopic (exact) mass is 281 g/mol. The van der Waals surface area contributed by atoms with Gasteiger partial charge in [-0.15, -0.1) is 5.10 Å². The van der Waals surface area contributed by atoms with E-state index in [2.05, 4.69) is 15.6 Å². The van der Waals surface area contributed by atoms with E-state index in [1.54, 1.807) is 22.0 Å². The molecular weight excluding hydrogens is 262 g/mol. The van der Waals surface area contributed by atoms with Crippen LogP contribution in [0.1, 0.15) is 19.3 Å². The van der Waals surface area contributed by atoms with Gasteiger partial charge in [0.05, 0.1) is 12.1 Å². The second-order valence-electron chi connectivity index (χ2n) is 4.85. The number of carboxylic acids is 1. The van der Waals surface area contributed by atoms with E-state index in [9.17, 15) is 9.59 Å². The van der Waals surface area contributed by atoms with E-state index in [1.165, 1.54) is 0 Å². The van der Waals surface area contributed by atoms with Crippen LogP contribution in [-0.4, -0.2) is 56.6 Å². The first-order chi connectivity index (χ1) is 9.66. The van der Waals surface area contributed by atoms with Gasteiger partial charge in [0.15, 0.2) is 0 Å². The van der Waals surface area contributed by atoms with Crippen LogP contribution in [0.25, 0.3) is 0 Å². The number of carbonyl (C=O) groups is 2. The first-order valence-electron chi connectivity index (χ1n) is 6.76. The fourth-order valence-electron chi connectivity index (χ4n) is 2.23. The number of likely N-dealkylation sites (tertiary alicyclic amines) is 1. The third kappa shape index (κ3) is 3.94. The van der Waals surface area contributed by atoms with Crippen molar-refractivity contribution in [3.63, 3.8) is 0 Å². The Hall–Kier alpha value is -2.12. The van der Waals surface area contributed by atoms with Gasteiger partial charge in [-0.25, -0.2) is 4.79 Å². The number of hydrogen-bond donors (Lipinski definition) is 2. The Balaban J connectivity index is 1.62.